The highest BCUT2D eigenvalue weighted by atomic mass is 35.5. The fraction of sp³-hybridized carbons (Fsp3) is 0.333. The van der Waals surface area contributed by atoms with Gasteiger partial charge < -0.3 is 10.2 Å². The van der Waals surface area contributed by atoms with Gasteiger partial charge in [0.25, 0.3) is 10.0 Å². The van der Waals surface area contributed by atoms with Crippen LogP contribution in [0.2, 0.25) is 5.02 Å². The Morgan fingerprint density at radius 3 is 2.23 bits per heavy atom. The lowest BCUT2D eigenvalue weighted by Gasteiger charge is -2.33. The number of anilines is 1. The highest BCUT2D eigenvalue weighted by Gasteiger charge is 2.34. The molecule has 3 rings (SSSR count). The smallest absolute Gasteiger partial charge is 0.264 e. The predicted octanol–water partition coefficient (Wildman–Crippen LogP) is 5.42. The molecule has 2 amide bonds. The highest BCUT2D eigenvalue weighted by Crippen LogP contribution is 2.26. The number of benzene rings is 3. The highest BCUT2D eigenvalue weighted by molar-refractivity contribution is 7.92. The first kappa shape index (κ1) is 30.2. The Labute approximate surface area is 236 Å². The minimum atomic E-state index is -4.10. The molecule has 0 heterocycles. The minimum Gasteiger partial charge on any atom is -0.354 e. The van der Waals surface area contributed by atoms with E-state index in [4.69, 9.17) is 11.6 Å². The summed E-state index contributed by atoms with van der Waals surface area (Å²) < 4.78 is 28.7. The zero-order valence-electron chi connectivity index (χ0n) is 22.8. The number of carbonyl (C=O) groups excluding carboxylic acids is 2. The molecule has 1 atom stereocenters. The summed E-state index contributed by atoms with van der Waals surface area (Å²) >= 11 is 6.43. The first-order valence-corrected chi connectivity index (χ1v) is 14.8. The van der Waals surface area contributed by atoms with E-state index < -0.39 is 28.5 Å². The molecule has 0 bridgehead atoms. The number of rotatable bonds is 12. The van der Waals surface area contributed by atoms with Crippen molar-refractivity contribution in [1.29, 1.82) is 0 Å². The molecule has 0 aliphatic rings. The van der Waals surface area contributed by atoms with Gasteiger partial charge in [0.2, 0.25) is 11.8 Å². The second-order valence-corrected chi connectivity index (χ2v) is 12.1. The first-order valence-electron chi connectivity index (χ1n) is 13.0. The van der Waals surface area contributed by atoms with E-state index >= 15 is 0 Å². The van der Waals surface area contributed by atoms with E-state index in [1.165, 1.54) is 17.0 Å². The maximum atomic E-state index is 14.0. The average Bonchev–Trinajstić information content (AvgIpc) is 2.91. The number of sulfonamides is 1. The van der Waals surface area contributed by atoms with Crippen LogP contribution in [0.15, 0.2) is 83.8 Å². The van der Waals surface area contributed by atoms with E-state index in [1.54, 1.807) is 54.6 Å². The van der Waals surface area contributed by atoms with Crippen LogP contribution in [-0.2, 0) is 26.2 Å². The van der Waals surface area contributed by atoms with Gasteiger partial charge in [0.15, 0.2) is 0 Å². The van der Waals surface area contributed by atoms with E-state index in [-0.39, 0.29) is 23.3 Å². The molecule has 3 aromatic carbocycles. The van der Waals surface area contributed by atoms with Crippen LogP contribution in [0.25, 0.3) is 0 Å². The van der Waals surface area contributed by atoms with Crippen molar-refractivity contribution < 1.29 is 18.0 Å². The number of halogens is 1. The number of nitrogens with zero attached hydrogens (tertiary/aromatic N) is 2. The first-order chi connectivity index (χ1) is 18.5. The molecule has 0 spiro atoms. The van der Waals surface area contributed by atoms with E-state index in [0.717, 1.165) is 9.87 Å². The van der Waals surface area contributed by atoms with Gasteiger partial charge >= 0.3 is 0 Å². The second-order valence-electron chi connectivity index (χ2n) is 9.84. The monoisotopic (exact) mass is 569 g/mol. The summed E-state index contributed by atoms with van der Waals surface area (Å²) in [4.78, 5) is 28.8. The second kappa shape index (κ2) is 13.6. The van der Waals surface area contributed by atoms with Crippen LogP contribution in [0.5, 0.6) is 0 Å². The van der Waals surface area contributed by atoms with E-state index in [9.17, 15) is 18.0 Å². The van der Waals surface area contributed by atoms with Crippen LogP contribution in [0.4, 0.5) is 5.69 Å². The Morgan fingerprint density at radius 2 is 1.62 bits per heavy atom. The molecule has 0 saturated heterocycles. The molecule has 0 radical (unpaired) electrons. The van der Waals surface area contributed by atoms with Crippen molar-refractivity contribution in [2.75, 3.05) is 17.4 Å². The topological polar surface area (TPSA) is 86.8 Å². The van der Waals surface area contributed by atoms with Crippen molar-refractivity contribution in [1.82, 2.24) is 10.2 Å². The summed E-state index contributed by atoms with van der Waals surface area (Å²) in [6.45, 7) is 7.68. The van der Waals surface area contributed by atoms with Gasteiger partial charge in [0.05, 0.1) is 10.6 Å². The third-order valence-corrected chi connectivity index (χ3v) is 8.43. The lowest BCUT2D eigenvalue weighted by Crippen LogP contribution is -2.52. The molecular weight excluding hydrogens is 534 g/mol. The van der Waals surface area contributed by atoms with E-state index in [0.29, 0.717) is 29.2 Å². The summed E-state index contributed by atoms with van der Waals surface area (Å²) in [5, 5.41) is 3.38. The van der Waals surface area contributed by atoms with Crippen LogP contribution in [-0.4, -0.2) is 44.3 Å². The number of amides is 2. The van der Waals surface area contributed by atoms with Gasteiger partial charge in [-0.1, -0.05) is 80.9 Å². The van der Waals surface area contributed by atoms with Gasteiger partial charge in [-0.3, -0.25) is 13.9 Å². The number of aryl methyl sites for hydroxylation is 1. The quantitative estimate of drug-likeness (QED) is 0.315. The molecule has 9 heteroatoms. The Bertz CT molecular complexity index is 1380. The number of hydrogen-bond acceptors (Lipinski definition) is 4. The molecule has 208 valence electrons. The van der Waals surface area contributed by atoms with Crippen molar-refractivity contribution >= 4 is 39.1 Å². The van der Waals surface area contributed by atoms with Gasteiger partial charge in [0.1, 0.15) is 12.6 Å². The standard InChI is InChI=1S/C30H36ClN3O4S/c1-5-28(30(36)32-19-22(2)3)33(20-24-13-9-10-17-27(24)31)29(35)21-34(25-14-11-12-23(4)18-25)39(37,38)26-15-7-6-8-16-26/h6-18,22,28H,5,19-21H2,1-4H3,(H,32,36)/t28-/m1/s1. The van der Waals surface area contributed by atoms with Gasteiger partial charge in [-0.15, -0.1) is 0 Å². The zero-order chi connectivity index (χ0) is 28.6. The molecule has 0 aromatic heterocycles. The molecule has 7 nitrogen and oxygen atoms in total. The third-order valence-electron chi connectivity index (χ3n) is 6.27. The fourth-order valence-corrected chi connectivity index (χ4v) is 5.81. The Balaban J connectivity index is 2.05. The van der Waals surface area contributed by atoms with Crippen LogP contribution < -0.4 is 9.62 Å². The third kappa shape index (κ3) is 7.83. The van der Waals surface area contributed by atoms with Gasteiger partial charge in [-0.05, 0) is 60.7 Å². The molecule has 0 aliphatic carbocycles. The molecule has 0 saturated carbocycles. The maximum Gasteiger partial charge on any atom is 0.264 e. The van der Waals surface area contributed by atoms with Crippen molar-refractivity contribution in [2.45, 2.75) is 51.6 Å². The normalized spacial score (nSPS) is 12.2. The van der Waals surface area contributed by atoms with Gasteiger partial charge in [-0.25, -0.2) is 8.42 Å². The summed E-state index contributed by atoms with van der Waals surface area (Å²) in [6, 6.07) is 21.3. The zero-order valence-corrected chi connectivity index (χ0v) is 24.4. The molecule has 0 fully saturated rings. The lowest BCUT2D eigenvalue weighted by molar-refractivity contribution is -0.140. The van der Waals surface area contributed by atoms with Crippen molar-refractivity contribution in [3.8, 4) is 0 Å². The summed E-state index contributed by atoms with van der Waals surface area (Å²) in [5.41, 5.74) is 1.87. The number of carbonyl (C=O) groups is 2. The summed E-state index contributed by atoms with van der Waals surface area (Å²) in [7, 11) is -4.10. The molecule has 3 aromatic rings. The lowest BCUT2D eigenvalue weighted by atomic mass is 10.1. The Hall–Kier alpha value is -3.36. The minimum absolute atomic E-state index is 0.0547. The molecule has 0 unspecified atom stereocenters. The van der Waals surface area contributed by atoms with Crippen LogP contribution >= 0.6 is 11.6 Å². The summed E-state index contributed by atoms with van der Waals surface area (Å²) in [6.07, 6.45) is 0.343. The number of nitrogens with one attached hydrogen (secondary N) is 1. The number of hydrogen-bond donors (Lipinski definition) is 1. The SMILES string of the molecule is CC[C@H](C(=O)NCC(C)C)N(Cc1ccccc1Cl)C(=O)CN(c1cccc(C)c1)S(=O)(=O)c1ccccc1. The largest absolute Gasteiger partial charge is 0.354 e. The van der Waals surface area contributed by atoms with Crippen LogP contribution in [0.3, 0.4) is 0 Å². The van der Waals surface area contributed by atoms with Crippen LogP contribution in [0, 0.1) is 12.8 Å². The maximum absolute atomic E-state index is 14.0. The van der Waals surface area contributed by atoms with Gasteiger partial charge in [-0.2, -0.15) is 0 Å². The predicted molar refractivity (Wildman–Crippen MR) is 156 cm³/mol. The molecule has 39 heavy (non-hydrogen) atoms. The van der Waals surface area contributed by atoms with Gasteiger partial charge in [0, 0.05) is 18.1 Å². The van der Waals surface area contributed by atoms with Crippen molar-refractivity contribution in [3.05, 3.63) is 95.0 Å². The molecular formula is C30H36ClN3O4S. The van der Waals surface area contributed by atoms with Crippen molar-refractivity contribution in [2.24, 2.45) is 5.92 Å². The van der Waals surface area contributed by atoms with E-state index in [1.807, 2.05) is 39.8 Å². The molecule has 0 aliphatic heterocycles. The van der Waals surface area contributed by atoms with Crippen molar-refractivity contribution in [3.63, 3.8) is 0 Å². The Kier molecular flexibility index (Phi) is 10.5. The van der Waals surface area contributed by atoms with E-state index in [2.05, 4.69) is 5.32 Å². The van der Waals surface area contributed by atoms with Crippen LogP contribution in [0.1, 0.15) is 38.3 Å². The Morgan fingerprint density at radius 1 is 0.949 bits per heavy atom. The summed E-state index contributed by atoms with van der Waals surface area (Å²) in [5.74, 6) is -0.575. The average molecular weight is 570 g/mol. The molecule has 1 N–H and O–H groups in total. The fourth-order valence-electron chi connectivity index (χ4n) is 4.18.